The number of fused-ring (bicyclic) bond motifs is 5. The topological polar surface area (TPSA) is 62.3 Å². The number of carbonyl (C=O) groups is 2. The van der Waals surface area contributed by atoms with Crippen molar-refractivity contribution < 1.29 is 9.59 Å². The Morgan fingerprint density at radius 3 is 2.78 bits per heavy atom. The Morgan fingerprint density at radius 2 is 2.00 bits per heavy atom. The summed E-state index contributed by atoms with van der Waals surface area (Å²) in [4.78, 5) is 31.3. The van der Waals surface area contributed by atoms with Gasteiger partial charge in [-0.2, -0.15) is 0 Å². The molecule has 0 spiro atoms. The van der Waals surface area contributed by atoms with Crippen LogP contribution in [0.5, 0.6) is 0 Å². The molecule has 5 heteroatoms. The smallest absolute Gasteiger partial charge is 0.246 e. The van der Waals surface area contributed by atoms with E-state index in [9.17, 15) is 9.59 Å². The molecular weight excluding hydrogens is 398 g/mol. The number of amides is 2. The van der Waals surface area contributed by atoms with E-state index in [0.29, 0.717) is 36.1 Å². The van der Waals surface area contributed by atoms with Crippen LogP contribution < -0.4 is 5.32 Å². The highest BCUT2D eigenvalue weighted by Gasteiger charge is 2.60. The van der Waals surface area contributed by atoms with Crippen LogP contribution in [0.4, 0.5) is 5.69 Å². The fourth-order valence-electron chi connectivity index (χ4n) is 8.22. The Kier molecular flexibility index (Phi) is 5.22. The van der Waals surface area contributed by atoms with E-state index in [1.165, 1.54) is 25.7 Å². The summed E-state index contributed by atoms with van der Waals surface area (Å²) in [5.41, 5.74) is 2.21. The van der Waals surface area contributed by atoms with Crippen LogP contribution in [0, 0.1) is 41.4 Å². The minimum atomic E-state index is 0.0846. The van der Waals surface area contributed by atoms with E-state index in [1.807, 2.05) is 31.0 Å². The summed E-state index contributed by atoms with van der Waals surface area (Å²) in [5, 5.41) is 3.13. The average Bonchev–Trinajstić information content (AvgIpc) is 3.09. The maximum atomic E-state index is 12.9. The molecule has 3 saturated carbocycles. The van der Waals surface area contributed by atoms with E-state index >= 15 is 0 Å². The fraction of sp³-hybridized carbons (Fsp3) is 0.667. The maximum Gasteiger partial charge on any atom is 0.246 e. The zero-order valence-electron chi connectivity index (χ0n) is 19.9. The second-order valence-corrected chi connectivity index (χ2v) is 11.4. The maximum absolute atomic E-state index is 12.9. The molecule has 1 N–H and O–H groups in total. The average molecular weight is 436 g/mol. The second kappa shape index (κ2) is 7.71. The van der Waals surface area contributed by atoms with E-state index < -0.39 is 0 Å². The third kappa shape index (κ3) is 3.22. The minimum Gasteiger partial charge on any atom is -0.338 e. The molecule has 5 rings (SSSR count). The predicted octanol–water partition coefficient (Wildman–Crippen LogP) is 4.97. The normalized spacial score (nSPS) is 40.4. The van der Waals surface area contributed by atoms with Gasteiger partial charge in [-0.15, -0.1) is 0 Å². The van der Waals surface area contributed by atoms with Gasteiger partial charge in [-0.25, -0.2) is 0 Å². The van der Waals surface area contributed by atoms with Crippen molar-refractivity contribution in [2.45, 2.75) is 71.8 Å². The second-order valence-electron chi connectivity index (χ2n) is 11.4. The van der Waals surface area contributed by atoms with Crippen molar-refractivity contribution in [3.63, 3.8) is 0 Å². The number of anilines is 1. The number of pyridine rings is 1. The fourth-order valence-corrected chi connectivity index (χ4v) is 8.22. The molecular formula is C27H37N3O2. The number of hydrogen-bond acceptors (Lipinski definition) is 3. The molecule has 0 radical (unpaired) electrons. The highest BCUT2D eigenvalue weighted by molar-refractivity contribution is 5.91. The lowest BCUT2D eigenvalue weighted by Gasteiger charge is -2.60. The Labute approximate surface area is 192 Å². The molecule has 2 amide bonds. The van der Waals surface area contributed by atoms with Gasteiger partial charge in [0, 0.05) is 43.0 Å². The Balaban J connectivity index is 1.32. The molecule has 7 atom stereocenters. The van der Waals surface area contributed by atoms with Crippen LogP contribution in [0.25, 0.3) is 0 Å². The quantitative estimate of drug-likeness (QED) is 0.729. The number of nitrogens with zero attached hydrogens (tertiary/aromatic N) is 2. The van der Waals surface area contributed by atoms with Crippen LogP contribution in [-0.4, -0.2) is 34.8 Å². The lowest BCUT2D eigenvalue weighted by Crippen LogP contribution is -2.59. The van der Waals surface area contributed by atoms with Crippen molar-refractivity contribution in [1.82, 2.24) is 9.88 Å². The number of aromatic nitrogens is 1. The standard InChI is InChI=1S/C27H37N3O2/c1-17-16-28-14-11-22(17)29-24(31)15-18-5-7-20-19-6-8-23-27(3,13-10-25(32)30(23)4)21(19)9-12-26(18,20)2/h10-11,13-14,16,18-21,23H,5-9,12,15H2,1-4H3,(H,28,29,31)/t18-,19?,20?,21?,23?,26-,27-/m1/s1. The molecule has 3 aliphatic carbocycles. The third-order valence-electron chi connectivity index (χ3n) is 10.1. The molecule has 1 aliphatic heterocycles. The molecule has 0 bridgehead atoms. The van der Waals surface area contributed by atoms with Crippen molar-refractivity contribution in [1.29, 1.82) is 0 Å². The first kappa shape index (κ1) is 21.7. The molecule has 2 heterocycles. The zero-order valence-corrected chi connectivity index (χ0v) is 19.9. The van der Waals surface area contributed by atoms with Gasteiger partial charge in [0.15, 0.2) is 0 Å². The number of hydrogen-bond donors (Lipinski definition) is 1. The first-order valence-electron chi connectivity index (χ1n) is 12.4. The summed E-state index contributed by atoms with van der Waals surface area (Å²) in [6.07, 6.45) is 15.3. The predicted molar refractivity (Wildman–Crippen MR) is 126 cm³/mol. The Morgan fingerprint density at radius 1 is 1.19 bits per heavy atom. The van der Waals surface area contributed by atoms with E-state index in [1.54, 1.807) is 12.4 Å². The van der Waals surface area contributed by atoms with Gasteiger partial charge < -0.3 is 10.2 Å². The van der Waals surface area contributed by atoms with Gasteiger partial charge in [0.2, 0.25) is 11.8 Å². The lowest BCUT2D eigenvalue weighted by atomic mass is 9.47. The van der Waals surface area contributed by atoms with E-state index in [4.69, 9.17) is 0 Å². The minimum absolute atomic E-state index is 0.0846. The number of nitrogens with one attached hydrogen (secondary N) is 1. The number of rotatable bonds is 3. The van der Waals surface area contributed by atoms with Gasteiger partial charge in [-0.3, -0.25) is 14.6 Å². The van der Waals surface area contributed by atoms with Crippen LogP contribution in [0.15, 0.2) is 30.6 Å². The van der Waals surface area contributed by atoms with Gasteiger partial charge in [0.1, 0.15) is 0 Å². The summed E-state index contributed by atoms with van der Waals surface area (Å²) in [6, 6.07) is 2.22. The molecule has 172 valence electrons. The van der Waals surface area contributed by atoms with E-state index in [-0.39, 0.29) is 22.6 Å². The molecule has 1 aromatic heterocycles. The Hall–Kier alpha value is -2.17. The van der Waals surface area contributed by atoms with Gasteiger partial charge in [0.25, 0.3) is 0 Å². The summed E-state index contributed by atoms with van der Waals surface area (Å²) >= 11 is 0. The summed E-state index contributed by atoms with van der Waals surface area (Å²) < 4.78 is 0. The summed E-state index contributed by atoms with van der Waals surface area (Å²) in [7, 11) is 1.98. The Bertz CT molecular complexity index is 958. The summed E-state index contributed by atoms with van der Waals surface area (Å²) in [6.45, 7) is 6.85. The highest BCUT2D eigenvalue weighted by atomic mass is 16.2. The zero-order chi connectivity index (χ0) is 22.7. The number of aryl methyl sites for hydroxylation is 1. The molecule has 4 aliphatic rings. The molecule has 0 aromatic carbocycles. The van der Waals surface area contributed by atoms with Crippen molar-refractivity contribution in [2.24, 2.45) is 34.5 Å². The molecule has 0 saturated heterocycles. The monoisotopic (exact) mass is 435 g/mol. The van der Waals surface area contributed by atoms with Gasteiger partial charge in [0.05, 0.1) is 0 Å². The summed E-state index contributed by atoms with van der Waals surface area (Å²) in [5.74, 6) is 2.78. The third-order valence-corrected chi connectivity index (χ3v) is 10.1. The van der Waals surface area contributed by atoms with Gasteiger partial charge >= 0.3 is 0 Å². The van der Waals surface area contributed by atoms with Crippen molar-refractivity contribution in [3.05, 3.63) is 36.2 Å². The lowest BCUT2D eigenvalue weighted by molar-refractivity contribution is -0.139. The molecule has 32 heavy (non-hydrogen) atoms. The first-order valence-corrected chi connectivity index (χ1v) is 12.4. The first-order chi connectivity index (χ1) is 15.2. The van der Waals surface area contributed by atoms with E-state index in [0.717, 1.165) is 24.1 Å². The SMILES string of the molecule is Cc1cnccc1NC(=O)C[C@H]1CCC2C3CCC4N(C)C(=O)C=C[C@]4(C)C3CC[C@@]21C. The van der Waals surface area contributed by atoms with Crippen molar-refractivity contribution in [3.8, 4) is 0 Å². The molecule has 3 fully saturated rings. The number of carbonyl (C=O) groups excluding carboxylic acids is 2. The van der Waals surface area contributed by atoms with Crippen LogP contribution in [0.1, 0.15) is 64.4 Å². The molecule has 4 unspecified atom stereocenters. The number of likely N-dealkylation sites (N-methyl/N-ethyl adjacent to an activating group) is 1. The van der Waals surface area contributed by atoms with Crippen LogP contribution in [-0.2, 0) is 9.59 Å². The highest BCUT2D eigenvalue weighted by Crippen LogP contribution is 2.65. The van der Waals surface area contributed by atoms with E-state index in [2.05, 4.69) is 30.2 Å². The van der Waals surface area contributed by atoms with Crippen molar-refractivity contribution >= 4 is 17.5 Å². The van der Waals surface area contributed by atoms with Gasteiger partial charge in [-0.1, -0.05) is 19.9 Å². The molecule has 1 aromatic rings. The van der Waals surface area contributed by atoms with Crippen LogP contribution in [0.2, 0.25) is 0 Å². The van der Waals surface area contributed by atoms with Gasteiger partial charge in [-0.05, 0) is 92.2 Å². The van der Waals surface area contributed by atoms with Crippen molar-refractivity contribution in [2.75, 3.05) is 12.4 Å². The molecule has 5 nitrogen and oxygen atoms in total. The largest absolute Gasteiger partial charge is 0.338 e. The van der Waals surface area contributed by atoms with Crippen LogP contribution >= 0.6 is 0 Å². The van der Waals surface area contributed by atoms with Crippen LogP contribution in [0.3, 0.4) is 0 Å².